The molecule has 2 N–H and O–H groups in total. The molecule has 1 saturated carbocycles. The zero-order valence-electron chi connectivity index (χ0n) is 11.1. The third-order valence-electron chi connectivity index (χ3n) is 3.99. The van der Waals surface area contributed by atoms with Gasteiger partial charge >= 0.3 is 5.97 Å². The molecule has 1 aromatic rings. The Hall–Kier alpha value is -1.55. The van der Waals surface area contributed by atoms with Crippen LogP contribution in [-0.4, -0.2) is 35.6 Å². The summed E-state index contributed by atoms with van der Waals surface area (Å²) in [5, 5.41) is 11.8. The fraction of sp³-hybridized carbons (Fsp3) is 0.533. The number of nitrogens with zero attached hydrogens (tertiary/aromatic N) is 1. The molecule has 0 atom stereocenters. The van der Waals surface area contributed by atoms with Crippen molar-refractivity contribution in [3.8, 4) is 0 Å². The van der Waals surface area contributed by atoms with Gasteiger partial charge in [-0.05, 0) is 42.4 Å². The van der Waals surface area contributed by atoms with E-state index in [9.17, 15) is 4.79 Å². The lowest BCUT2D eigenvalue weighted by atomic mass is 9.97. The van der Waals surface area contributed by atoms with Crippen molar-refractivity contribution < 1.29 is 9.90 Å². The van der Waals surface area contributed by atoms with Gasteiger partial charge in [-0.2, -0.15) is 0 Å². The zero-order chi connectivity index (χ0) is 13.2. The van der Waals surface area contributed by atoms with Gasteiger partial charge in [0.25, 0.3) is 0 Å². The first-order chi connectivity index (χ1) is 9.22. The molecule has 0 spiro atoms. The quantitative estimate of drug-likeness (QED) is 0.849. The molecule has 1 fully saturated rings. The molecule has 0 saturated heterocycles. The van der Waals surface area contributed by atoms with Crippen LogP contribution in [0.25, 0.3) is 0 Å². The minimum atomic E-state index is -0.816. The molecular weight excluding hydrogens is 240 g/mol. The van der Waals surface area contributed by atoms with E-state index in [2.05, 4.69) is 16.3 Å². The number of anilines is 1. The minimum absolute atomic E-state index is 0.0117. The van der Waals surface area contributed by atoms with Crippen LogP contribution in [0.15, 0.2) is 18.2 Å². The number of benzene rings is 1. The second-order valence-corrected chi connectivity index (χ2v) is 5.62. The van der Waals surface area contributed by atoms with Gasteiger partial charge in [0, 0.05) is 25.3 Å². The van der Waals surface area contributed by atoms with Crippen LogP contribution in [0, 0.1) is 5.92 Å². The fourth-order valence-electron chi connectivity index (χ4n) is 2.83. The van der Waals surface area contributed by atoms with Crippen LogP contribution >= 0.6 is 0 Å². The average molecular weight is 260 g/mol. The number of hydrogen-bond donors (Lipinski definition) is 2. The van der Waals surface area contributed by atoms with Gasteiger partial charge < -0.3 is 10.4 Å². The molecule has 0 amide bonds. The second kappa shape index (κ2) is 5.21. The highest BCUT2D eigenvalue weighted by atomic mass is 16.4. The maximum Gasteiger partial charge on any atom is 0.322 e. The lowest BCUT2D eigenvalue weighted by molar-refractivity contribution is -0.134. The summed E-state index contributed by atoms with van der Waals surface area (Å²) >= 11 is 0. The second-order valence-electron chi connectivity index (χ2n) is 5.62. The van der Waals surface area contributed by atoms with Gasteiger partial charge in [0.1, 0.15) is 6.54 Å². The third-order valence-corrected chi connectivity index (χ3v) is 3.99. The highest BCUT2D eigenvalue weighted by Gasteiger charge is 2.26. The van der Waals surface area contributed by atoms with Crippen LogP contribution in [0.4, 0.5) is 5.69 Å². The molecule has 1 heterocycles. The van der Waals surface area contributed by atoms with Crippen LogP contribution in [0.1, 0.15) is 24.0 Å². The first-order valence-corrected chi connectivity index (χ1v) is 7.01. The highest BCUT2D eigenvalue weighted by Crippen LogP contribution is 2.32. The molecule has 0 radical (unpaired) electrons. The number of carbonyl (C=O) groups is 1. The largest absolute Gasteiger partial charge is 0.480 e. The summed E-state index contributed by atoms with van der Waals surface area (Å²) in [5.41, 5.74) is 3.64. The van der Waals surface area contributed by atoms with Crippen LogP contribution in [0.2, 0.25) is 0 Å². The average Bonchev–Trinajstić information content (AvgIpc) is 3.19. The van der Waals surface area contributed by atoms with E-state index in [1.807, 2.05) is 12.1 Å². The van der Waals surface area contributed by atoms with Gasteiger partial charge in [-0.15, -0.1) is 0 Å². The highest BCUT2D eigenvalue weighted by molar-refractivity contribution is 5.73. The molecule has 4 nitrogen and oxygen atoms in total. The minimum Gasteiger partial charge on any atom is -0.480 e. The van der Waals surface area contributed by atoms with Crippen molar-refractivity contribution in [2.24, 2.45) is 5.92 Å². The molecular formula is C15H20N2O2. The maximum atomic E-state index is 10.7. The molecule has 4 heteroatoms. The van der Waals surface area contributed by atoms with Crippen molar-refractivity contribution in [3.05, 3.63) is 29.3 Å². The number of aliphatic carboxylic acids is 1. The van der Waals surface area contributed by atoms with Crippen molar-refractivity contribution >= 4 is 11.7 Å². The van der Waals surface area contributed by atoms with Crippen LogP contribution < -0.4 is 5.32 Å². The standard InChI is InChI=1S/C15H20N2O2/c18-15(19)8-16-14-3-1-2-12-10-17(7-6-13(12)14)9-11-4-5-11/h1-3,11,16H,4-10H2,(H,18,19). The summed E-state index contributed by atoms with van der Waals surface area (Å²) in [4.78, 5) is 13.2. The Morgan fingerprint density at radius 2 is 2.26 bits per heavy atom. The van der Waals surface area contributed by atoms with Crippen LogP contribution in [-0.2, 0) is 17.8 Å². The van der Waals surface area contributed by atoms with Gasteiger partial charge in [-0.1, -0.05) is 12.1 Å². The predicted octanol–water partition coefficient (Wildman–Crippen LogP) is 1.95. The number of fused-ring (bicyclic) bond motifs is 1. The van der Waals surface area contributed by atoms with Gasteiger partial charge in [-0.25, -0.2) is 0 Å². The number of carboxylic acid groups (broad SMARTS) is 1. The topological polar surface area (TPSA) is 52.6 Å². The summed E-state index contributed by atoms with van der Waals surface area (Å²) in [6.45, 7) is 3.32. The number of carboxylic acids is 1. The summed E-state index contributed by atoms with van der Waals surface area (Å²) in [5.74, 6) is 0.110. The Bertz CT molecular complexity index is 483. The SMILES string of the molecule is O=C(O)CNc1cccc2c1CCN(CC1CC1)C2. The molecule has 0 bridgehead atoms. The molecule has 2 aliphatic rings. The summed E-state index contributed by atoms with van der Waals surface area (Å²) < 4.78 is 0. The van der Waals surface area contributed by atoms with Crippen molar-refractivity contribution in [2.45, 2.75) is 25.8 Å². The number of nitrogens with one attached hydrogen (secondary N) is 1. The van der Waals surface area contributed by atoms with E-state index in [-0.39, 0.29) is 6.54 Å². The van der Waals surface area contributed by atoms with Crippen molar-refractivity contribution in [2.75, 3.05) is 25.0 Å². The Morgan fingerprint density at radius 1 is 1.42 bits per heavy atom. The van der Waals surface area contributed by atoms with Crippen molar-refractivity contribution in [1.82, 2.24) is 4.90 Å². The lowest BCUT2D eigenvalue weighted by Gasteiger charge is -2.30. The molecule has 102 valence electrons. The Morgan fingerprint density at radius 3 is 3.00 bits per heavy atom. The van der Waals surface area contributed by atoms with Gasteiger partial charge in [-0.3, -0.25) is 9.69 Å². The molecule has 1 aliphatic heterocycles. The van der Waals surface area contributed by atoms with Crippen LogP contribution in [0.3, 0.4) is 0 Å². The summed E-state index contributed by atoms with van der Waals surface area (Å²) in [6, 6.07) is 6.17. The van der Waals surface area contributed by atoms with Gasteiger partial charge in [0.15, 0.2) is 0 Å². The first-order valence-electron chi connectivity index (χ1n) is 7.01. The summed E-state index contributed by atoms with van der Waals surface area (Å²) in [6.07, 6.45) is 3.80. The first kappa shape index (κ1) is 12.5. The van der Waals surface area contributed by atoms with E-state index < -0.39 is 5.97 Å². The van der Waals surface area contributed by atoms with Gasteiger partial charge in [0.05, 0.1) is 0 Å². The van der Waals surface area contributed by atoms with E-state index >= 15 is 0 Å². The normalized spacial score (nSPS) is 18.9. The van der Waals surface area contributed by atoms with E-state index in [1.54, 1.807) is 0 Å². The maximum absolute atomic E-state index is 10.7. The summed E-state index contributed by atoms with van der Waals surface area (Å²) in [7, 11) is 0. The zero-order valence-corrected chi connectivity index (χ0v) is 11.1. The molecule has 0 unspecified atom stereocenters. The smallest absolute Gasteiger partial charge is 0.322 e. The van der Waals surface area contributed by atoms with Crippen molar-refractivity contribution in [1.29, 1.82) is 0 Å². The van der Waals surface area contributed by atoms with Crippen LogP contribution in [0.5, 0.6) is 0 Å². The number of hydrogen-bond acceptors (Lipinski definition) is 3. The monoisotopic (exact) mass is 260 g/mol. The Balaban J connectivity index is 1.70. The van der Waals surface area contributed by atoms with Gasteiger partial charge in [0.2, 0.25) is 0 Å². The molecule has 3 rings (SSSR count). The van der Waals surface area contributed by atoms with E-state index in [4.69, 9.17) is 5.11 Å². The Labute approximate surface area is 113 Å². The lowest BCUT2D eigenvalue weighted by Crippen LogP contribution is -2.32. The van der Waals surface area contributed by atoms with E-state index in [0.29, 0.717) is 0 Å². The van der Waals surface area contributed by atoms with E-state index in [0.717, 1.165) is 31.1 Å². The molecule has 19 heavy (non-hydrogen) atoms. The predicted molar refractivity (Wildman–Crippen MR) is 74.3 cm³/mol. The van der Waals surface area contributed by atoms with Crippen molar-refractivity contribution in [3.63, 3.8) is 0 Å². The number of rotatable bonds is 5. The third kappa shape index (κ3) is 3.07. The molecule has 0 aromatic heterocycles. The molecule has 1 aromatic carbocycles. The van der Waals surface area contributed by atoms with E-state index in [1.165, 1.54) is 30.5 Å². The fourth-order valence-corrected chi connectivity index (χ4v) is 2.83. The molecule has 1 aliphatic carbocycles. The Kier molecular flexibility index (Phi) is 3.42.